The number of benzene rings is 1. The molecule has 1 aliphatic heterocycles. The van der Waals surface area contributed by atoms with Crippen LogP contribution in [0.3, 0.4) is 0 Å². The normalized spacial score (nSPS) is 34.6. The van der Waals surface area contributed by atoms with Gasteiger partial charge in [-0.15, -0.1) is 12.4 Å². The highest BCUT2D eigenvalue weighted by atomic mass is 35.5. The molecule has 0 aromatic heterocycles. The van der Waals surface area contributed by atoms with Crippen molar-refractivity contribution in [3.8, 4) is 0 Å². The molecule has 1 aliphatic carbocycles. The lowest BCUT2D eigenvalue weighted by molar-refractivity contribution is 0.129. The van der Waals surface area contributed by atoms with Crippen LogP contribution in [0.4, 0.5) is 0 Å². The molecule has 0 bridgehead atoms. The molecule has 1 nitrogen and oxygen atoms in total. The van der Waals surface area contributed by atoms with Crippen molar-refractivity contribution in [2.24, 2.45) is 11.8 Å². The first kappa shape index (κ1) is 14.9. The first-order chi connectivity index (χ1) is 8.70. The minimum atomic E-state index is 0. The van der Waals surface area contributed by atoms with Crippen molar-refractivity contribution in [3.63, 3.8) is 0 Å². The van der Waals surface area contributed by atoms with E-state index in [1.807, 2.05) is 0 Å². The summed E-state index contributed by atoms with van der Waals surface area (Å²) >= 11 is 0. The molecule has 1 aromatic rings. The van der Waals surface area contributed by atoms with E-state index in [9.17, 15) is 0 Å². The van der Waals surface area contributed by atoms with Crippen molar-refractivity contribution in [3.05, 3.63) is 35.9 Å². The summed E-state index contributed by atoms with van der Waals surface area (Å²) in [5, 5.41) is 0. The Balaban J connectivity index is 0.00000133. The van der Waals surface area contributed by atoms with E-state index < -0.39 is 0 Å². The highest BCUT2D eigenvalue weighted by Gasteiger charge is 2.47. The van der Waals surface area contributed by atoms with Crippen LogP contribution in [-0.4, -0.2) is 17.0 Å². The molecule has 0 amide bonds. The maximum absolute atomic E-state index is 2.78. The molecule has 1 heterocycles. The molecule has 2 fully saturated rings. The molecule has 2 aliphatic rings. The van der Waals surface area contributed by atoms with Crippen molar-refractivity contribution >= 4 is 12.4 Å². The second kappa shape index (κ2) is 5.85. The number of halogens is 1. The van der Waals surface area contributed by atoms with Gasteiger partial charge in [0.05, 0.1) is 0 Å². The van der Waals surface area contributed by atoms with Crippen LogP contribution in [-0.2, 0) is 6.54 Å². The number of nitrogens with zero attached hydrogens (tertiary/aromatic N) is 1. The smallest absolute Gasteiger partial charge is 0.0239 e. The molecule has 106 valence electrons. The van der Waals surface area contributed by atoms with Crippen LogP contribution in [0.5, 0.6) is 0 Å². The van der Waals surface area contributed by atoms with Gasteiger partial charge in [-0.3, -0.25) is 4.90 Å². The predicted molar refractivity (Wildman–Crippen MR) is 83.6 cm³/mol. The Morgan fingerprint density at radius 2 is 1.74 bits per heavy atom. The fourth-order valence-electron chi connectivity index (χ4n) is 4.19. The summed E-state index contributed by atoms with van der Waals surface area (Å²) in [6.07, 6.45) is 5.66. The Hall–Kier alpha value is -0.530. The van der Waals surface area contributed by atoms with Gasteiger partial charge in [-0.25, -0.2) is 0 Å². The summed E-state index contributed by atoms with van der Waals surface area (Å²) in [6, 6.07) is 11.0. The molecule has 1 saturated carbocycles. The van der Waals surface area contributed by atoms with Crippen LogP contribution in [0.1, 0.15) is 45.1 Å². The van der Waals surface area contributed by atoms with Gasteiger partial charge in [0.1, 0.15) is 0 Å². The highest BCUT2D eigenvalue weighted by Crippen LogP contribution is 2.48. The van der Waals surface area contributed by atoms with Gasteiger partial charge >= 0.3 is 0 Å². The van der Waals surface area contributed by atoms with Crippen LogP contribution < -0.4 is 0 Å². The summed E-state index contributed by atoms with van der Waals surface area (Å²) in [4.78, 5) is 2.78. The van der Waals surface area contributed by atoms with E-state index in [0.717, 1.165) is 18.4 Å². The largest absolute Gasteiger partial charge is 0.293 e. The van der Waals surface area contributed by atoms with Crippen molar-refractivity contribution < 1.29 is 0 Å². The van der Waals surface area contributed by atoms with Gasteiger partial charge in [0.25, 0.3) is 0 Å². The van der Waals surface area contributed by atoms with E-state index >= 15 is 0 Å². The number of hydrogen-bond donors (Lipinski definition) is 0. The number of likely N-dealkylation sites (tertiary alicyclic amines) is 1. The van der Waals surface area contributed by atoms with Crippen LogP contribution >= 0.6 is 12.4 Å². The second-order valence-corrected chi connectivity index (χ2v) is 6.60. The van der Waals surface area contributed by atoms with E-state index in [1.165, 1.54) is 37.8 Å². The lowest BCUT2D eigenvalue weighted by Gasteiger charge is -2.35. The van der Waals surface area contributed by atoms with Crippen molar-refractivity contribution in [1.82, 2.24) is 4.90 Å². The molecule has 3 rings (SSSR count). The number of hydrogen-bond acceptors (Lipinski definition) is 1. The minimum absolute atomic E-state index is 0. The second-order valence-electron chi connectivity index (χ2n) is 6.60. The monoisotopic (exact) mass is 279 g/mol. The first-order valence-corrected chi connectivity index (χ1v) is 7.49. The molecule has 0 N–H and O–H groups in total. The summed E-state index contributed by atoms with van der Waals surface area (Å²) in [6.45, 7) is 7.34. The molecule has 2 unspecified atom stereocenters. The first-order valence-electron chi connectivity index (χ1n) is 7.49. The Bertz CT molecular complexity index is 393. The van der Waals surface area contributed by atoms with Gasteiger partial charge in [0.15, 0.2) is 0 Å². The van der Waals surface area contributed by atoms with Gasteiger partial charge in [-0.1, -0.05) is 44.2 Å². The molecular formula is C17H26ClN. The molecule has 2 heteroatoms. The lowest BCUT2D eigenvalue weighted by atomic mass is 9.92. The highest BCUT2D eigenvalue weighted by molar-refractivity contribution is 5.85. The van der Waals surface area contributed by atoms with E-state index in [2.05, 4.69) is 49.1 Å². The SMILES string of the molecule is CC1CC2(CCCN2Cc2ccccc2)CC1C.Cl. The van der Waals surface area contributed by atoms with Gasteiger partial charge < -0.3 is 0 Å². The topological polar surface area (TPSA) is 3.24 Å². The predicted octanol–water partition coefficient (Wildman–Crippen LogP) is 4.51. The van der Waals surface area contributed by atoms with Crippen LogP contribution in [0.2, 0.25) is 0 Å². The zero-order valence-electron chi connectivity index (χ0n) is 12.1. The van der Waals surface area contributed by atoms with Gasteiger partial charge in [-0.2, -0.15) is 0 Å². The molecule has 1 aromatic carbocycles. The van der Waals surface area contributed by atoms with Gasteiger partial charge in [0.2, 0.25) is 0 Å². The third kappa shape index (κ3) is 2.83. The fraction of sp³-hybridized carbons (Fsp3) is 0.647. The molecule has 1 spiro atoms. The van der Waals surface area contributed by atoms with Gasteiger partial charge in [-0.05, 0) is 49.6 Å². The maximum atomic E-state index is 2.78. The Labute approximate surface area is 123 Å². The maximum Gasteiger partial charge on any atom is 0.0239 e. The minimum Gasteiger partial charge on any atom is -0.293 e. The van der Waals surface area contributed by atoms with E-state index in [4.69, 9.17) is 0 Å². The van der Waals surface area contributed by atoms with Gasteiger partial charge in [0, 0.05) is 12.1 Å². The Morgan fingerprint density at radius 1 is 1.11 bits per heavy atom. The van der Waals surface area contributed by atoms with Crippen LogP contribution in [0, 0.1) is 11.8 Å². The standard InChI is InChI=1S/C17H25N.ClH/c1-14-11-17(12-15(14)2)9-6-10-18(17)13-16-7-4-3-5-8-16;/h3-5,7-8,14-15H,6,9-13H2,1-2H3;1H. The Kier molecular flexibility index (Phi) is 4.58. The summed E-state index contributed by atoms with van der Waals surface area (Å²) in [5.74, 6) is 1.81. The van der Waals surface area contributed by atoms with Crippen LogP contribution in [0.15, 0.2) is 30.3 Å². The van der Waals surface area contributed by atoms with E-state index in [-0.39, 0.29) is 12.4 Å². The third-order valence-electron chi connectivity index (χ3n) is 5.33. The fourth-order valence-corrected chi connectivity index (χ4v) is 4.19. The summed E-state index contributed by atoms with van der Waals surface area (Å²) in [7, 11) is 0. The zero-order chi connectivity index (χ0) is 12.6. The number of rotatable bonds is 2. The molecule has 2 atom stereocenters. The van der Waals surface area contributed by atoms with Crippen molar-refractivity contribution in [2.45, 2.75) is 51.6 Å². The zero-order valence-corrected chi connectivity index (χ0v) is 13.0. The van der Waals surface area contributed by atoms with Crippen molar-refractivity contribution in [1.29, 1.82) is 0 Å². The average molecular weight is 280 g/mol. The molecule has 0 radical (unpaired) electrons. The summed E-state index contributed by atoms with van der Waals surface area (Å²) < 4.78 is 0. The molecular weight excluding hydrogens is 254 g/mol. The Morgan fingerprint density at radius 3 is 2.37 bits per heavy atom. The quantitative estimate of drug-likeness (QED) is 0.770. The average Bonchev–Trinajstić information content (AvgIpc) is 2.86. The third-order valence-corrected chi connectivity index (χ3v) is 5.33. The lowest BCUT2D eigenvalue weighted by Crippen LogP contribution is -2.41. The van der Waals surface area contributed by atoms with E-state index in [0.29, 0.717) is 5.54 Å². The van der Waals surface area contributed by atoms with Crippen molar-refractivity contribution in [2.75, 3.05) is 6.54 Å². The van der Waals surface area contributed by atoms with E-state index in [1.54, 1.807) is 0 Å². The molecule has 1 saturated heterocycles. The summed E-state index contributed by atoms with van der Waals surface area (Å²) in [5.41, 5.74) is 2.01. The molecule has 19 heavy (non-hydrogen) atoms. The van der Waals surface area contributed by atoms with Crippen LogP contribution in [0.25, 0.3) is 0 Å².